The Kier molecular flexibility index (Phi) is 24.4. The van der Waals surface area contributed by atoms with Crippen molar-refractivity contribution in [2.45, 2.75) is 145 Å². The minimum atomic E-state index is -2.21. The van der Waals surface area contributed by atoms with Crippen molar-refractivity contribution in [1.82, 2.24) is 41.4 Å². The Morgan fingerprint density at radius 3 is 2.17 bits per heavy atom. The van der Waals surface area contributed by atoms with Crippen molar-refractivity contribution in [2.75, 3.05) is 26.2 Å². The third-order valence-electron chi connectivity index (χ3n) is 15.1. The van der Waals surface area contributed by atoms with Crippen LogP contribution in [-0.2, 0) is 49.4 Å². The van der Waals surface area contributed by atoms with E-state index in [-0.39, 0.29) is 29.2 Å². The van der Waals surface area contributed by atoms with Crippen LogP contribution in [0.2, 0.25) is 0 Å². The number of fused-ring (bicyclic) bond motifs is 2. The Balaban J connectivity index is 1.18. The molecule has 0 saturated carbocycles. The fraction of sp³-hybridized carbons (Fsp3) is 0.491. The monoisotopic (exact) mass is 1270 g/mol. The Morgan fingerprint density at radius 1 is 0.807 bits per heavy atom. The van der Waals surface area contributed by atoms with Crippen LogP contribution in [0.25, 0.3) is 21.0 Å². The van der Waals surface area contributed by atoms with E-state index in [1.807, 2.05) is 24.3 Å². The van der Waals surface area contributed by atoms with Gasteiger partial charge in [0.05, 0.1) is 54.5 Å². The van der Waals surface area contributed by atoms with Gasteiger partial charge in [-0.3, -0.25) is 38.4 Å². The number of carbonyl (C=O) groups is 8. The van der Waals surface area contributed by atoms with E-state index in [9.17, 15) is 74.1 Å². The summed E-state index contributed by atoms with van der Waals surface area (Å²) in [6.45, 7) is 3.65. The number of rotatable bonds is 21. The number of ether oxygens (including phenoxy) is 1. The van der Waals surface area contributed by atoms with Crippen LogP contribution in [0.15, 0.2) is 72.9 Å². The molecule has 29 nitrogen and oxygen atoms in total. The van der Waals surface area contributed by atoms with Gasteiger partial charge in [0, 0.05) is 62.1 Å². The molecule has 15 N–H and O–H groups in total. The number of primary amides is 1. The Hall–Kier alpha value is -7.56. The standard InChI is InChI=1S/C57H73N9O20S2/c1-4-5-6-7-18-83-36-15-13-31(14-16-36)43-25-60-55(87-43)33-11-9-32(10-12-33)50(75)61-37-21-34(68)24-59-54(79)48-49(74)28(2)26-66(48)57(81)47(41(72)23-44(58)73)64-53(78)46(40(71)19-30-8-17-39(70)42(20-30)84-88-86-85-82)63-52(77)38-22-35(69)27-65(38)56(80)45(29(3)67)62-51(37)76/h8-17,20,25,28-29,34-35,37-38,40-41,45-49,67-72,74,82H,4-7,18-19,21-24,26-27H2,1-3H3,(H2,58,73)(H,59,79)(H,61,75)(H,62,76)(H,63,77)(H,64,78). The highest BCUT2D eigenvalue weighted by molar-refractivity contribution is 7.90. The third-order valence-corrected chi connectivity index (χ3v) is 16.6. The number of benzene rings is 3. The predicted octanol–water partition coefficient (Wildman–Crippen LogP) is -0.671. The molecule has 7 rings (SSSR count). The number of β-amino-alcohol motifs (C(OH)–C–C–N with tert-alkyl or cyclic N) is 1. The van der Waals surface area contributed by atoms with Gasteiger partial charge in [0.15, 0.2) is 11.5 Å². The topological polar surface area (TPSA) is 441 Å². The summed E-state index contributed by atoms with van der Waals surface area (Å²) in [7, 11) is 0. The van der Waals surface area contributed by atoms with Gasteiger partial charge in [-0.15, -0.1) is 11.3 Å². The van der Waals surface area contributed by atoms with E-state index in [1.165, 1.54) is 36.5 Å². The summed E-state index contributed by atoms with van der Waals surface area (Å²) in [5.41, 5.74) is 7.07. The van der Waals surface area contributed by atoms with E-state index in [0.717, 1.165) is 70.7 Å². The van der Waals surface area contributed by atoms with E-state index in [2.05, 4.69) is 47.9 Å². The minimum absolute atomic E-state index is 0.0254. The normalized spacial score (nSPS) is 25.2. The van der Waals surface area contributed by atoms with Crippen LogP contribution in [0.5, 0.6) is 17.2 Å². The maximum Gasteiger partial charge on any atom is 0.261 e. The zero-order valence-electron chi connectivity index (χ0n) is 48.1. The van der Waals surface area contributed by atoms with Crippen LogP contribution >= 0.6 is 23.7 Å². The number of nitrogens with two attached hydrogens (primary N) is 1. The molecule has 3 aliphatic rings. The Bertz CT molecular complexity index is 3090. The number of thiazole rings is 1. The molecule has 88 heavy (non-hydrogen) atoms. The van der Waals surface area contributed by atoms with Crippen molar-refractivity contribution in [3.05, 3.63) is 84.1 Å². The van der Waals surface area contributed by atoms with Gasteiger partial charge in [0.1, 0.15) is 47.0 Å². The summed E-state index contributed by atoms with van der Waals surface area (Å²) >= 11 is 1.46. The minimum Gasteiger partial charge on any atom is -0.504 e. The second-order valence-electron chi connectivity index (χ2n) is 21.8. The van der Waals surface area contributed by atoms with Gasteiger partial charge in [0.25, 0.3) is 18.2 Å². The highest BCUT2D eigenvalue weighted by Crippen LogP contribution is 2.34. The van der Waals surface area contributed by atoms with Crippen molar-refractivity contribution < 1.29 is 97.7 Å². The predicted molar refractivity (Wildman–Crippen MR) is 312 cm³/mol. The van der Waals surface area contributed by atoms with E-state index in [1.54, 1.807) is 18.3 Å². The lowest BCUT2D eigenvalue weighted by atomic mass is 9.98. The lowest BCUT2D eigenvalue weighted by molar-refractivity contribution is -0.433. The van der Waals surface area contributed by atoms with Gasteiger partial charge < -0.3 is 86.8 Å². The zero-order valence-corrected chi connectivity index (χ0v) is 49.8. The average Bonchev–Trinajstić information content (AvgIpc) is 3.73. The molecule has 0 aliphatic carbocycles. The molecule has 3 aliphatic heterocycles. The number of hydrogen-bond acceptors (Lipinski definition) is 23. The largest absolute Gasteiger partial charge is 0.504 e. The van der Waals surface area contributed by atoms with Crippen molar-refractivity contribution in [3.8, 4) is 38.3 Å². The summed E-state index contributed by atoms with van der Waals surface area (Å²) in [5, 5.41) is 103. The fourth-order valence-electron chi connectivity index (χ4n) is 10.4. The maximum atomic E-state index is 14.7. The number of aromatic nitrogens is 1. The quantitative estimate of drug-likeness (QED) is 0.0213. The van der Waals surface area contributed by atoms with E-state index in [4.69, 9.17) is 19.9 Å². The van der Waals surface area contributed by atoms with Crippen molar-refractivity contribution >= 4 is 70.9 Å². The van der Waals surface area contributed by atoms with Crippen LogP contribution < -0.4 is 41.2 Å². The molecule has 478 valence electrons. The first-order valence-corrected chi connectivity index (χ1v) is 29.9. The van der Waals surface area contributed by atoms with Crippen LogP contribution in [0, 0.1) is 5.92 Å². The van der Waals surface area contributed by atoms with Gasteiger partial charge in [0.2, 0.25) is 41.4 Å². The van der Waals surface area contributed by atoms with Gasteiger partial charge in [-0.1, -0.05) is 60.7 Å². The lowest BCUT2D eigenvalue weighted by Crippen LogP contribution is -2.64. The van der Waals surface area contributed by atoms with Gasteiger partial charge in [-0.25, -0.2) is 10.2 Å². The summed E-state index contributed by atoms with van der Waals surface area (Å²) < 4.78 is 15.2. The first-order valence-electron chi connectivity index (χ1n) is 28.4. The molecule has 8 amide bonds. The van der Waals surface area contributed by atoms with Crippen molar-refractivity contribution in [2.24, 2.45) is 11.7 Å². The summed E-state index contributed by atoms with van der Waals surface area (Å²) in [5.74, 6) is -10.3. The molecule has 3 aromatic carbocycles. The number of phenolic OH excluding ortho intramolecular Hbond substituents is 1. The number of nitrogens with one attached hydrogen (secondary N) is 5. The second-order valence-corrected chi connectivity index (χ2v) is 23.3. The first kappa shape index (κ1) is 67.9. The molecule has 4 aromatic rings. The van der Waals surface area contributed by atoms with Crippen LogP contribution in [0.4, 0.5) is 0 Å². The number of amides is 8. The number of aliphatic hydroxyl groups is 6. The molecular formula is C57H73N9O20S2. The number of aromatic hydroxyl groups is 1. The molecule has 13 unspecified atom stereocenters. The van der Waals surface area contributed by atoms with E-state index >= 15 is 0 Å². The molecule has 0 spiro atoms. The van der Waals surface area contributed by atoms with Gasteiger partial charge in [-0.2, -0.15) is 0 Å². The molecule has 0 bridgehead atoms. The highest BCUT2D eigenvalue weighted by atomic mass is 32.2. The average molecular weight is 1270 g/mol. The van der Waals surface area contributed by atoms with E-state index < -0.39 is 177 Å². The third kappa shape index (κ3) is 17.6. The molecule has 0 radical (unpaired) electrons. The highest BCUT2D eigenvalue weighted by Gasteiger charge is 2.50. The van der Waals surface area contributed by atoms with Crippen molar-refractivity contribution in [1.29, 1.82) is 0 Å². The molecule has 3 fully saturated rings. The Labute approximate surface area is 513 Å². The fourth-order valence-corrected chi connectivity index (χ4v) is 11.6. The number of unbranched alkanes of at least 4 members (excludes halogenated alkanes) is 3. The molecular weight excluding hydrogens is 1190 g/mol. The summed E-state index contributed by atoms with van der Waals surface area (Å²) in [6, 6.07) is 5.70. The number of aliphatic hydroxyl groups excluding tert-OH is 6. The number of nitrogens with zero attached hydrogens (tertiary/aromatic N) is 3. The first-order chi connectivity index (χ1) is 42.0. The van der Waals surface area contributed by atoms with Crippen molar-refractivity contribution in [3.63, 3.8) is 0 Å². The molecule has 1 aromatic heterocycles. The van der Waals surface area contributed by atoms with Gasteiger partial charge in [-0.05, 0) is 73.0 Å². The van der Waals surface area contributed by atoms with Crippen LogP contribution in [0.3, 0.4) is 0 Å². The summed E-state index contributed by atoms with van der Waals surface area (Å²) in [4.78, 5) is 120. The molecule has 31 heteroatoms. The summed E-state index contributed by atoms with van der Waals surface area (Å²) in [6.07, 6.45) is -7.51. The molecule has 3 saturated heterocycles. The van der Waals surface area contributed by atoms with Gasteiger partial charge >= 0.3 is 0 Å². The Morgan fingerprint density at radius 2 is 1.49 bits per heavy atom. The molecule has 13 atom stereocenters. The smallest absolute Gasteiger partial charge is 0.261 e. The van der Waals surface area contributed by atoms with Crippen LogP contribution in [-0.4, -0.2) is 202 Å². The second kappa shape index (κ2) is 31.6. The lowest BCUT2D eigenvalue weighted by Gasteiger charge is -2.33. The number of carbonyl (C=O) groups excluding carboxylic acids is 8. The number of phenols is 1. The number of hydrogen-bond donors (Lipinski definition) is 14. The maximum absolute atomic E-state index is 14.7. The van der Waals surface area contributed by atoms with Crippen LogP contribution in [0.1, 0.15) is 81.6 Å². The zero-order chi connectivity index (χ0) is 63.9. The van der Waals surface area contributed by atoms with E-state index in [0.29, 0.717) is 17.2 Å². The SMILES string of the molecule is CCCCCCOc1ccc(-c2cnc(-c3ccc(C(=O)NC4CC(O)CNC(=O)C5C(O)C(C)CN5C(=O)C(C(O)CC(N)=O)NC(=O)C(C(O)Cc5ccc(O)c(OSOOO)c5)NC(=O)C5CC(O)CN5C(=O)C(C(C)O)NC4=O)cc3)s2)cc1. The molecule has 4 heterocycles.